The first-order chi connectivity index (χ1) is 18.2. The summed E-state index contributed by atoms with van der Waals surface area (Å²) < 4.78 is 29.3. The Kier molecular flexibility index (Phi) is 7.29. The second-order valence-electron chi connectivity index (χ2n) is 8.47. The van der Waals surface area contributed by atoms with Gasteiger partial charge in [0.1, 0.15) is 11.6 Å². The maximum atomic E-state index is 14.7. The van der Waals surface area contributed by atoms with Crippen LogP contribution in [-0.4, -0.2) is 26.2 Å². The molecule has 5 rings (SSSR count). The zero-order valence-electron chi connectivity index (χ0n) is 20.1. The number of halogens is 3. The van der Waals surface area contributed by atoms with Crippen molar-refractivity contribution in [2.45, 2.75) is 19.0 Å². The summed E-state index contributed by atoms with van der Waals surface area (Å²) in [7, 11) is 0. The highest BCUT2D eigenvalue weighted by atomic mass is 35.5. The molecule has 3 aromatic carbocycles. The SMILES string of the molecule is Cc1ccc(-c2csc(NC(=O)CSc3nc4ccc(Cl)cc4c(=O)n3-c3ccc(F)cc3F)n2)cc1C. The van der Waals surface area contributed by atoms with Crippen molar-refractivity contribution in [2.24, 2.45) is 0 Å². The van der Waals surface area contributed by atoms with Gasteiger partial charge in [-0.05, 0) is 61.4 Å². The van der Waals surface area contributed by atoms with E-state index in [4.69, 9.17) is 11.6 Å². The fraction of sp³-hybridized carbons (Fsp3) is 0.111. The number of amides is 1. The summed E-state index contributed by atoms with van der Waals surface area (Å²) in [5, 5.41) is 5.58. The average molecular weight is 569 g/mol. The predicted octanol–water partition coefficient (Wildman–Crippen LogP) is 6.79. The van der Waals surface area contributed by atoms with E-state index in [0.717, 1.165) is 45.3 Å². The molecule has 0 fully saturated rings. The number of aryl methyl sites for hydroxylation is 2. The molecule has 0 spiro atoms. The Labute approximate surface area is 229 Å². The molecule has 6 nitrogen and oxygen atoms in total. The molecule has 0 aliphatic heterocycles. The summed E-state index contributed by atoms with van der Waals surface area (Å²) in [6, 6.07) is 13.5. The molecule has 0 saturated heterocycles. The van der Waals surface area contributed by atoms with Crippen molar-refractivity contribution < 1.29 is 13.6 Å². The molecule has 0 atom stereocenters. The molecular weight excluding hydrogens is 550 g/mol. The predicted molar refractivity (Wildman–Crippen MR) is 149 cm³/mol. The van der Waals surface area contributed by atoms with Crippen LogP contribution in [0, 0.1) is 25.5 Å². The van der Waals surface area contributed by atoms with Crippen LogP contribution in [0.3, 0.4) is 0 Å². The largest absolute Gasteiger partial charge is 0.301 e. The van der Waals surface area contributed by atoms with Crippen LogP contribution >= 0.6 is 34.7 Å². The van der Waals surface area contributed by atoms with Crippen LogP contribution in [0.2, 0.25) is 5.02 Å². The topological polar surface area (TPSA) is 76.9 Å². The summed E-state index contributed by atoms with van der Waals surface area (Å²) in [5.74, 6) is -2.24. The Morgan fingerprint density at radius 1 is 1.05 bits per heavy atom. The summed E-state index contributed by atoms with van der Waals surface area (Å²) >= 11 is 8.29. The number of fused-ring (bicyclic) bond motifs is 1. The maximum Gasteiger partial charge on any atom is 0.266 e. The van der Waals surface area contributed by atoms with Gasteiger partial charge in [0.2, 0.25) is 5.91 Å². The van der Waals surface area contributed by atoms with Gasteiger partial charge in [0.15, 0.2) is 10.3 Å². The van der Waals surface area contributed by atoms with Gasteiger partial charge in [-0.25, -0.2) is 18.7 Å². The van der Waals surface area contributed by atoms with Gasteiger partial charge in [0.25, 0.3) is 5.56 Å². The molecule has 5 aromatic rings. The zero-order valence-corrected chi connectivity index (χ0v) is 22.5. The van der Waals surface area contributed by atoms with Gasteiger partial charge in [-0.1, -0.05) is 35.5 Å². The van der Waals surface area contributed by atoms with E-state index in [1.165, 1.54) is 23.0 Å². The number of carbonyl (C=O) groups is 1. The van der Waals surface area contributed by atoms with Crippen molar-refractivity contribution in [1.29, 1.82) is 0 Å². The minimum absolute atomic E-state index is 0.0699. The van der Waals surface area contributed by atoms with Gasteiger partial charge in [0.05, 0.1) is 28.0 Å². The molecule has 0 aliphatic rings. The molecule has 38 heavy (non-hydrogen) atoms. The van der Waals surface area contributed by atoms with Crippen LogP contribution in [-0.2, 0) is 4.79 Å². The van der Waals surface area contributed by atoms with Crippen molar-refractivity contribution in [1.82, 2.24) is 14.5 Å². The standard InChI is InChI=1S/C27H19ClF2N4O2S2/c1-14-3-4-16(9-15(14)2)22-12-37-26(31-22)33-24(35)13-38-27-32-21-7-5-17(28)10-19(21)25(36)34(27)23-8-6-18(29)11-20(23)30/h3-12H,13H2,1-2H3,(H,31,33,35). The van der Waals surface area contributed by atoms with Crippen LogP contribution < -0.4 is 10.9 Å². The lowest BCUT2D eigenvalue weighted by molar-refractivity contribution is -0.113. The van der Waals surface area contributed by atoms with Crippen molar-refractivity contribution in [2.75, 3.05) is 11.1 Å². The normalized spacial score (nSPS) is 11.2. The second-order valence-corrected chi connectivity index (χ2v) is 10.7. The van der Waals surface area contributed by atoms with Gasteiger partial charge in [-0.15, -0.1) is 11.3 Å². The van der Waals surface area contributed by atoms with E-state index < -0.39 is 17.2 Å². The third-order valence-corrected chi connectivity index (χ3v) is 7.77. The molecule has 2 heterocycles. The summed E-state index contributed by atoms with van der Waals surface area (Å²) in [6.07, 6.45) is 0. The Balaban J connectivity index is 1.41. The van der Waals surface area contributed by atoms with Crippen molar-refractivity contribution in [3.05, 3.63) is 98.1 Å². The molecule has 2 aromatic heterocycles. The van der Waals surface area contributed by atoms with Crippen molar-refractivity contribution >= 4 is 56.6 Å². The number of aromatic nitrogens is 3. The van der Waals surface area contributed by atoms with E-state index in [0.29, 0.717) is 21.7 Å². The van der Waals surface area contributed by atoms with Gasteiger partial charge in [0, 0.05) is 22.0 Å². The molecular formula is C27H19ClF2N4O2S2. The molecule has 192 valence electrons. The lowest BCUT2D eigenvalue weighted by Crippen LogP contribution is -2.24. The zero-order chi connectivity index (χ0) is 27.0. The molecule has 11 heteroatoms. The molecule has 1 amide bonds. The highest BCUT2D eigenvalue weighted by molar-refractivity contribution is 7.99. The van der Waals surface area contributed by atoms with E-state index >= 15 is 0 Å². The highest BCUT2D eigenvalue weighted by Crippen LogP contribution is 2.28. The number of carbonyl (C=O) groups excluding carboxylic acids is 1. The molecule has 1 N–H and O–H groups in total. The number of nitrogens with one attached hydrogen (secondary N) is 1. The van der Waals surface area contributed by atoms with Gasteiger partial charge in [-0.3, -0.25) is 14.2 Å². The van der Waals surface area contributed by atoms with E-state index in [1.807, 2.05) is 37.4 Å². The number of nitrogens with zero attached hydrogens (tertiary/aromatic N) is 3. The lowest BCUT2D eigenvalue weighted by atomic mass is 10.1. The minimum Gasteiger partial charge on any atom is -0.301 e. The monoisotopic (exact) mass is 568 g/mol. The Morgan fingerprint density at radius 2 is 1.87 bits per heavy atom. The average Bonchev–Trinajstić information content (AvgIpc) is 3.34. The molecule has 0 saturated carbocycles. The van der Waals surface area contributed by atoms with E-state index in [9.17, 15) is 18.4 Å². The number of thiazole rings is 1. The molecule has 0 aliphatic carbocycles. The van der Waals surface area contributed by atoms with E-state index in [-0.39, 0.29) is 27.9 Å². The van der Waals surface area contributed by atoms with Crippen LogP contribution in [0.4, 0.5) is 13.9 Å². The van der Waals surface area contributed by atoms with Crippen molar-refractivity contribution in [3.8, 4) is 16.9 Å². The van der Waals surface area contributed by atoms with Crippen LogP contribution in [0.5, 0.6) is 0 Å². The quantitative estimate of drug-likeness (QED) is 0.180. The second kappa shape index (κ2) is 10.6. The molecule has 0 unspecified atom stereocenters. The lowest BCUT2D eigenvalue weighted by Gasteiger charge is -2.14. The third-order valence-electron chi connectivity index (χ3n) is 5.84. The molecule has 0 radical (unpaired) electrons. The number of hydrogen-bond acceptors (Lipinski definition) is 6. The first kappa shape index (κ1) is 26.0. The first-order valence-electron chi connectivity index (χ1n) is 11.3. The Morgan fingerprint density at radius 3 is 2.63 bits per heavy atom. The van der Waals surface area contributed by atoms with E-state index in [1.54, 1.807) is 12.1 Å². The first-order valence-corrected chi connectivity index (χ1v) is 13.6. The maximum absolute atomic E-state index is 14.7. The van der Waals surface area contributed by atoms with Gasteiger partial charge < -0.3 is 5.32 Å². The van der Waals surface area contributed by atoms with Crippen LogP contribution in [0.25, 0.3) is 27.8 Å². The van der Waals surface area contributed by atoms with Gasteiger partial charge in [-0.2, -0.15) is 0 Å². The summed E-state index contributed by atoms with van der Waals surface area (Å²) in [5.41, 5.74) is 3.57. The van der Waals surface area contributed by atoms with Crippen LogP contribution in [0.1, 0.15) is 11.1 Å². The minimum atomic E-state index is -0.941. The Hall–Kier alpha value is -3.60. The number of benzene rings is 3. The fourth-order valence-electron chi connectivity index (χ4n) is 3.76. The highest BCUT2D eigenvalue weighted by Gasteiger charge is 2.19. The third kappa shape index (κ3) is 5.33. The number of thioether (sulfide) groups is 1. The summed E-state index contributed by atoms with van der Waals surface area (Å²) in [4.78, 5) is 35.1. The summed E-state index contributed by atoms with van der Waals surface area (Å²) in [6.45, 7) is 4.06. The van der Waals surface area contributed by atoms with Crippen molar-refractivity contribution in [3.63, 3.8) is 0 Å². The number of hydrogen-bond donors (Lipinski definition) is 1. The van der Waals surface area contributed by atoms with E-state index in [2.05, 4.69) is 15.3 Å². The fourth-order valence-corrected chi connectivity index (χ4v) is 5.47. The van der Waals surface area contributed by atoms with Gasteiger partial charge >= 0.3 is 0 Å². The number of rotatable bonds is 6. The Bertz CT molecular complexity index is 1770. The smallest absolute Gasteiger partial charge is 0.266 e. The number of anilines is 1. The van der Waals surface area contributed by atoms with Crippen LogP contribution in [0.15, 0.2) is 69.9 Å². The molecule has 0 bridgehead atoms.